The second-order valence-electron chi connectivity index (χ2n) is 3.40. The van der Waals surface area contributed by atoms with Crippen LogP contribution >= 0.6 is 11.8 Å². The highest BCUT2D eigenvalue weighted by Gasteiger charge is 2.33. The molecule has 0 amide bonds. The molecule has 0 N–H and O–H groups in total. The normalized spacial score (nSPS) is 21.3. The molecule has 1 aliphatic heterocycles. The van der Waals surface area contributed by atoms with Gasteiger partial charge < -0.3 is 4.74 Å². The Morgan fingerprint density at radius 1 is 1.50 bits per heavy atom. The van der Waals surface area contributed by atoms with Crippen molar-refractivity contribution >= 4 is 11.8 Å². The predicted octanol–water partition coefficient (Wildman–Crippen LogP) is 2.87. The van der Waals surface area contributed by atoms with Gasteiger partial charge in [-0.2, -0.15) is 11.8 Å². The predicted molar refractivity (Wildman–Crippen MR) is 61.5 cm³/mol. The van der Waals surface area contributed by atoms with Gasteiger partial charge in [-0.1, -0.05) is 36.9 Å². The molecular weight excluding hydrogens is 192 g/mol. The molecule has 1 fully saturated rings. The molecule has 14 heavy (non-hydrogen) atoms. The van der Waals surface area contributed by atoms with Crippen molar-refractivity contribution in [2.24, 2.45) is 0 Å². The number of thioether (sulfide) groups is 1. The molecule has 0 aliphatic carbocycles. The number of ether oxygens (including phenoxy) is 1. The molecule has 0 radical (unpaired) electrons. The zero-order valence-electron chi connectivity index (χ0n) is 8.06. The standard InChI is InChI=1S/C12H14OS/c1-2-13-11(12-9-14-12)8-10-6-4-3-5-7-10/h2-7,11-12H,1,8-9H2. The van der Waals surface area contributed by atoms with Crippen LogP contribution in [0.3, 0.4) is 0 Å². The van der Waals surface area contributed by atoms with Crippen LogP contribution in [0.2, 0.25) is 0 Å². The number of hydrogen-bond donors (Lipinski definition) is 0. The summed E-state index contributed by atoms with van der Waals surface area (Å²) >= 11 is 1.96. The molecule has 0 spiro atoms. The van der Waals surface area contributed by atoms with Gasteiger partial charge in [0, 0.05) is 12.2 Å². The van der Waals surface area contributed by atoms with E-state index in [9.17, 15) is 0 Å². The van der Waals surface area contributed by atoms with E-state index in [4.69, 9.17) is 4.74 Å². The number of rotatable bonds is 5. The maximum Gasteiger partial charge on any atom is 0.114 e. The average Bonchev–Trinajstić information content (AvgIpc) is 3.02. The van der Waals surface area contributed by atoms with E-state index >= 15 is 0 Å². The van der Waals surface area contributed by atoms with Crippen molar-refractivity contribution in [3.63, 3.8) is 0 Å². The van der Waals surface area contributed by atoms with Gasteiger partial charge in [-0.15, -0.1) is 0 Å². The molecule has 1 nitrogen and oxygen atoms in total. The highest BCUT2D eigenvalue weighted by Crippen LogP contribution is 2.36. The van der Waals surface area contributed by atoms with E-state index in [1.807, 2.05) is 17.8 Å². The maximum atomic E-state index is 5.51. The summed E-state index contributed by atoms with van der Waals surface area (Å²) in [5.74, 6) is 1.23. The Kier molecular flexibility index (Phi) is 3.14. The third kappa shape index (κ3) is 2.55. The fourth-order valence-electron chi connectivity index (χ4n) is 1.51. The van der Waals surface area contributed by atoms with Crippen molar-refractivity contribution in [2.75, 3.05) is 5.75 Å². The first-order valence-corrected chi connectivity index (χ1v) is 5.87. The Labute approximate surface area is 89.2 Å². The van der Waals surface area contributed by atoms with Crippen LogP contribution in [0.25, 0.3) is 0 Å². The minimum absolute atomic E-state index is 0.305. The molecule has 0 aromatic heterocycles. The van der Waals surface area contributed by atoms with Crippen molar-refractivity contribution in [3.8, 4) is 0 Å². The van der Waals surface area contributed by atoms with Crippen LogP contribution in [0.15, 0.2) is 43.2 Å². The van der Waals surface area contributed by atoms with Crippen molar-refractivity contribution in [2.45, 2.75) is 17.8 Å². The lowest BCUT2D eigenvalue weighted by Gasteiger charge is -2.14. The summed E-state index contributed by atoms with van der Waals surface area (Å²) in [4.78, 5) is 0. The molecule has 1 aromatic carbocycles. The van der Waals surface area contributed by atoms with Gasteiger partial charge in [-0.05, 0) is 5.56 Å². The third-order valence-corrected chi connectivity index (χ3v) is 3.35. The van der Waals surface area contributed by atoms with Crippen LogP contribution in [0.1, 0.15) is 5.56 Å². The number of benzene rings is 1. The summed E-state index contributed by atoms with van der Waals surface area (Å²) < 4.78 is 5.51. The molecule has 1 saturated heterocycles. The highest BCUT2D eigenvalue weighted by atomic mass is 32.2. The second kappa shape index (κ2) is 4.56. The molecule has 0 bridgehead atoms. The lowest BCUT2D eigenvalue weighted by molar-refractivity contribution is 0.153. The quantitative estimate of drug-likeness (QED) is 0.541. The Balaban J connectivity index is 1.96. The first-order valence-electron chi connectivity index (χ1n) is 4.82. The van der Waals surface area contributed by atoms with Crippen LogP contribution < -0.4 is 0 Å². The summed E-state index contributed by atoms with van der Waals surface area (Å²) in [5, 5.41) is 0.674. The van der Waals surface area contributed by atoms with Crippen LogP contribution in [-0.4, -0.2) is 17.1 Å². The highest BCUT2D eigenvalue weighted by molar-refractivity contribution is 8.06. The van der Waals surface area contributed by atoms with Crippen molar-refractivity contribution in [1.82, 2.24) is 0 Å². The van der Waals surface area contributed by atoms with Crippen LogP contribution in [0.5, 0.6) is 0 Å². The Morgan fingerprint density at radius 2 is 2.21 bits per heavy atom. The average molecular weight is 206 g/mol. The van der Waals surface area contributed by atoms with Crippen LogP contribution in [-0.2, 0) is 11.2 Å². The lowest BCUT2D eigenvalue weighted by atomic mass is 10.1. The smallest absolute Gasteiger partial charge is 0.114 e. The first-order chi connectivity index (χ1) is 6.90. The lowest BCUT2D eigenvalue weighted by Crippen LogP contribution is -2.19. The molecule has 1 aliphatic rings. The molecule has 2 unspecified atom stereocenters. The van der Waals surface area contributed by atoms with E-state index in [1.165, 1.54) is 11.3 Å². The van der Waals surface area contributed by atoms with E-state index in [2.05, 4.69) is 30.8 Å². The molecular formula is C12H14OS. The summed E-state index contributed by atoms with van der Waals surface area (Å²) in [6.45, 7) is 3.62. The minimum atomic E-state index is 0.305. The van der Waals surface area contributed by atoms with Gasteiger partial charge in [0.2, 0.25) is 0 Å². The fraction of sp³-hybridized carbons (Fsp3) is 0.333. The summed E-state index contributed by atoms with van der Waals surface area (Å²) in [7, 11) is 0. The van der Waals surface area contributed by atoms with E-state index in [-0.39, 0.29) is 0 Å². The molecule has 1 heterocycles. The molecule has 0 saturated carbocycles. The topological polar surface area (TPSA) is 9.23 Å². The zero-order valence-corrected chi connectivity index (χ0v) is 8.87. The van der Waals surface area contributed by atoms with Crippen LogP contribution in [0, 0.1) is 0 Å². The molecule has 1 aromatic rings. The Hall–Kier alpha value is -0.890. The van der Waals surface area contributed by atoms with Gasteiger partial charge in [-0.3, -0.25) is 0 Å². The Bertz CT molecular complexity index is 292. The van der Waals surface area contributed by atoms with Gasteiger partial charge >= 0.3 is 0 Å². The zero-order chi connectivity index (χ0) is 9.80. The van der Waals surface area contributed by atoms with Gasteiger partial charge in [0.1, 0.15) is 6.10 Å². The van der Waals surface area contributed by atoms with E-state index in [0.717, 1.165) is 6.42 Å². The first kappa shape index (κ1) is 9.66. The van der Waals surface area contributed by atoms with Crippen LogP contribution in [0.4, 0.5) is 0 Å². The third-order valence-electron chi connectivity index (χ3n) is 2.32. The largest absolute Gasteiger partial charge is 0.497 e. The van der Waals surface area contributed by atoms with Crippen molar-refractivity contribution < 1.29 is 4.74 Å². The van der Waals surface area contributed by atoms with Crippen molar-refractivity contribution in [3.05, 3.63) is 48.7 Å². The molecule has 2 rings (SSSR count). The van der Waals surface area contributed by atoms with E-state index in [0.29, 0.717) is 11.4 Å². The minimum Gasteiger partial charge on any atom is -0.497 e. The number of hydrogen-bond acceptors (Lipinski definition) is 2. The summed E-state index contributed by atoms with van der Waals surface area (Å²) in [5.41, 5.74) is 1.34. The summed E-state index contributed by atoms with van der Waals surface area (Å²) in [6, 6.07) is 10.5. The fourth-order valence-corrected chi connectivity index (χ4v) is 2.21. The van der Waals surface area contributed by atoms with Gasteiger partial charge in [0.25, 0.3) is 0 Å². The molecule has 2 atom stereocenters. The molecule has 2 heteroatoms. The monoisotopic (exact) mass is 206 g/mol. The SMILES string of the molecule is C=COC(Cc1ccccc1)C1CS1. The molecule has 74 valence electrons. The Morgan fingerprint density at radius 3 is 2.79 bits per heavy atom. The van der Waals surface area contributed by atoms with Crippen molar-refractivity contribution in [1.29, 1.82) is 0 Å². The van der Waals surface area contributed by atoms with Gasteiger partial charge in [-0.25, -0.2) is 0 Å². The van der Waals surface area contributed by atoms with Gasteiger partial charge in [0.05, 0.1) is 11.5 Å². The van der Waals surface area contributed by atoms with E-state index in [1.54, 1.807) is 6.26 Å². The summed E-state index contributed by atoms with van der Waals surface area (Å²) in [6.07, 6.45) is 2.86. The second-order valence-corrected chi connectivity index (χ2v) is 4.67. The maximum absolute atomic E-state index is 5.51. The van der Waals surface area contributed by atoms with Gasteiger partial charge in [0.15, 0.2) is 0 Å². The van der Waals surface area contributed by atoms with E-state index < -0.39 is 0 Å².